The molecule has 0 aliphatic carbocycles. The van der Waals surface area contributed by atoms with Crippen LogP contribution in [-0.2, 0) is 0 Å². The maximum atomic E-state index is 3.46. The second kappa shape index (κ2) is 5.04. The summed E-state index contributed by atoms with van der Waals surface area (Å²) < 4.78 is 0. The zero-order valence-electron chi connectivity index (χ0n) is 8.40. The van der Waals surface area contributed by atoms with E-state index < -0.39 is 0 Å². The fourth-order valence-electron chi connectivity index (χ4n) is 0.982. The van der Waals surface area contributed by atoms with Gasteiger partial charge in [0.05, 0.1) is 5.37 Å². The molecule has 68 valence electrons. The number of thioether (sulfide) groups is 1. The summed E-state index contributed by atoms with van der Waals surface area (Å²) in [6.07, 6.45) is 0. The van der Waals surface area contributed by atoms with E-state index in [1.165, 1.54) is 12.3 Å². The first-order valence-corrected chi connectivity index (χ1v) is 5.50. The van der Waals surface area contributed by atoms with E-state index in [0.717, 1.165) is 0 Å². The van der Waals surface area contributed by atoms with Crippen LogP contribution in [0.2, 0.25) is 0 Å². The van der Waals surface area contributed by atoms with Crippen molar-refractivity contribution in [3.05, 3.63) is 0 Å². The van der Waals surface area contributed by atoms with Crippen molar-refractivity contribution >= 4 is 11.8 Å². The predicted octanol–water partition coefficient (Wildman–Crippen LogP) is 2.72. The molecule has 1 N–H and O–H groups in total. The van der Waals surface area contributed by atoms with Gasteiger partial charge in [0.25, 0.3) is 0 Å². The molecule has 0 aromatic carbocycles. The van der Waals surface area contributed by atoms with Crippen molar-refractivity contribution in [3.63, 3.8) is 0 Å². The number of hydrogen-bond acceptors (Lipinski definition) is 2. The maximum Gasteiger partial charge on any atom is 0.0582 e. The van der Waals surface area contributed by atoms with Crippen LogP contribution < -0.4 is 5.32 Å². The molecule has 1 unspecified atom stereocenters. The van der Waals surface area contributed by atoms with Crippen LogP contribution in [0, 0.1) is 5.41 Å². The van der Waals surface area contributed by atoms with E-state index in [1.54, 1.807) is 0 Å². The Labute approximate surface area is 75.3 Å². The van der Waals surface area contributed by atoms with Gasteiger partial charge in [-0.05, 0) is 5.41 Å². The van der Waals surface area contributed by atoms with Gasteiger partial charge in [-0.1, -0.05) is 34.6 Å². The molecule has 0 aromatic rings. The Morgan fingerprint density at radius 2 is 1.82 bits per heavy atom. The Morgan fingerprint density at radius 3 is 2.00 bits per heavy atom. The topological polar surface area (TPSA) is 12.0 Å². The Hall–Kier alpha value is 0.310. The first-order valence-electron chi connectivity index (χ1n) is 4.46. The molecule has 1 heterocycles. The highest BCUT2D eigenvalue weighted by atomic mass is 32.2. The van der Waals surface area contributed by atoms with Crippen molar-refractivity contribution < 1.29 is 0 Å². The maximum absolute atomic E-state index is 3.46. The highest BCUT2D eigenvalue weighted by molar-refractivity contribution is 8.00. The van der Waals surface area contributed by atoms with Gasteiger partial charge in [-0.3, -0.25) is 0 Å². The van der Waals surface area contributed by atoms with Gasteiger partial charge < -0.3 is 5.32 Å². The lowest BCUT2D eigenvalue weighted by atomic mass is 9.96. The molecule has 2 heteroatoms. The zero-order chi connectivity index (χ0) is 8.91. The fraction of sp³-hybridized carbons (Fsp3) is 1.00. The van der Waals surface area contributed by atoms with Crippen molar-refractivity contribution in [2.24, 2.45) is 5.41 Å². The van der Waals surface area contributed by atoms with E-state index >= 15 is 0 Å². The molecule has 1 nitrogen and oxygen atoms in total. The Morgan fingerprint density at radius 1 is 1.27 bits per heavy atom. The third-order valence-electron chi connectivity index (χ3n) is 1.50. The summed E-state index contributed by atoms with van der Waals surface area (Å²) in [6.45, 7) is 12.0. The van der Waals surface area contributed by atoms with Gasteiger partial charge in [0.15, 0.2) is 0 Å². The first-order chi connectivity index (χ1) is 5.11. The largest absolute Gasteiger partial charge is 0.304 e. The van der Waals surface area contributed by atoms with Gasteiger partial charge in [-0.2, -0.15) is 0 Å². The van der Waals surface area contributed by atoms with Gasteiger partial charge in [-0.15, -0.1) is 11.8 Å². The molecule has 0 aromatic heterocycles. The van der Waals surface area contributed by atoms with Gasteiger partial charge >= 0.3 is 0 Å². The number of rotatable bonds is 0. The average molecular weight is 175 g/mol. The minimum atomic E-state index is 0.432. The molecule has 0 saturated carbocycles. The number of hydrogen-bond donors (Lipinski definition) is 1. The van der Waals surface area contributed by atoms with Crippen molar-refractivity contribution in [1.29, 1.82) is 0 Å². The first kappa shape index (κ1) is 11.3. The van der Waals surface area contributed by atoms with Crippen molar-refractivity contribution in [3.8, 4) is 0 Å². The molecular formula is C9H21NS. The van der Waals surface area contributed by atoms with E-state index in [1.807, 2.05) is 25.6 Å². The van der Waals surface area contributed by atoms with Crippen molar-refractivity contribution in [2.75, 3.05) is 12.3 Å². The van der Waals surface area contributed by atoms with Crippen LogP contribution in [0.3, 0.4) is 0 Å². The SMILES string of the molecule is CC.CC(C)(C)C1NCCS1. The average Bonchev–Trinajstić information content (AvgIpc) is 2.40. The minimum absolute atomic E-state index is 0.432. The Kier molecular flexibility index (Phi) is 5.19. The van der Waals surface area contributed by atoms with E-state index in [0.29, 0.717) is 10.8 Å². The second-order valence-electron chi connectivity index (χ2n) is 3.57. The predicted molar refractivity (Wildman–Crippen MR) is 55.1 cm³/mol. The van der Waals surface area contributed by atoms with Crippen LogP contribution in [0.4, 0.5) is 0 Å². The third-order valence-corrected chi connectivity index (χ3v) is 3.15. The zero-order valence-corrected chi connectivity index (χ0v) is 9.22. The summed E-state index contributed by atoms with van der Waals surface area (Å²) >= 11 is 2.04. The summed E-state index contributed by atoms with van der Waals surface area (Å²) in [4.78, 5) is 0. The Bertz CT molecular complexity index is 90.2. The quantitative estimate of drug-likeness (QED) is 0.607. The van der Waals surface area contributed by atoms with Crippen LogP contribution in [0.15, 0.2) is 0 Å². The minimum Gasteiger partial charge on any atom is -0.304 e. The molecule has 1 atom stereocenters. The molecule has 1 saturated heterocycles. The summed E-state index contributed by atoms with van der Waals surface area (Å²) in [5, 5.41) is 4.14. The lowest BCUT2D eigenvalue weighted by Gasteiger charge is -2.25. The normalized spacial score (nSPS) is 24.3. The lowest BCUT2D eigenvalue weighted by molar-refractivity contribution is 0.364. The van der Waals surface area contributed by atoms with E-state index in [-0.39, 0.29) is 0 Å². The number of nitrogens with one attached hydrogen (secondary N) is 1. The molecule has 0 radical (unpaired) electrons. The van der Waals surface area contributed by atoms with Crippen LogP contribution in [0.1, 0.15) is 34.6 Å². The summed E-state index contributed by atoms with van der Waals surface area (Å²) in [6, 6.07) is 0. The van der Waals surface area contributed by atoms with Crippen LogP contribution in [0.5, 0.6) is 0 Å². The molecule has 1 aliphatic heterocycles. The van der Waals surface area contributed by atoms with Crippen molar-refractivity contribution in [2.45, 2.75) is 40.0 Å². The highest BCUT2D eigenvalue weighted by Gasteiger charge is 2.27. The molecule has 0 amide bonds. The molecule has 0 spiro atoms. The van der Waals surface area contributed by atoms with Crippen molar-refractivity contribution in [1.82, 2.24) is 5.32 Å². The summed E-state index contributed by atoms with van der Waals surface area (Å²) in [5.41, 5.74) is 0.432. The fourth-order valence-corrected chi connectivity index (χ4v) is 2.19. The van der Waals surface area contributed by atoms with Gasteiger partial charge in [-0.25, -0.2) is 0 Å². The van der Waals surface area contributed by atoms with E-state index in [4.69, 9.17) is 0 Å². The van der Waals surface area contributed by atoms with Crippen LogP contribution in [0.25, 0.3) is 0 Å². The molecule has 1 aliphatic rings. The van der Waals surface area contributed by atoms with E-state index in [9.17, 15) is 0 Å². The molecule has 1 fully saturated rings. The summed E-state index contributed by atoms with van der Waals surface area (Å²) in [5.74, 6) is 1.28. The smallest absolute Gasteiger partial charge is 0.0582 e. The van der Waals surface area contributed by atoms with Crippen LogP contribution >= 0.6 is 11.8 Å². The summed E-state index contributed by atoms with van der Waals surface area (Å²) in [7, 11) is 0. The van der Waals surface area contributed by atoms with Gasteiger partial charge in [0.1, 0.15) is 0 Å². The lowest BCUT2D eigenvalue weighted by Crippen LogP contribution is -2.32. The monoisotopic (exact) mass is 175 g/mol. The standard InChI is InChI=1S/C7H15NS.C2H6/c1-7(2,3)6-8-4-5-9-6;1-2/h6,8H,4-5H2,1-3H3;1-2H3. The molecule has 1 rings (SSSR count). The van der Waals surface area contributed by atoms with E-state index in [2.05, 4.69) is 26.1 Å². The van der Waals surface area contributed by atoms with Gasteiger partial charge in [0, 0.05) is 12.3 Å². The molecule has 0 bridgehead atoms. The third kappa shape index (κ3) is 4.02. The second-order valence-corrected chi connectivity index (χ2v) is 4.78. The van der Waals surface area contributed by atoms with Crippen LogP contribution in [-0.4, -0.2) is 17.7 Å². The Balaban J connectivity index is 0.000000461. The highest BCUT2D eigenvalue weighted by Crippen LogP contribution is 2.30. The molecular weight excluding hydrogens is 154 g/mol. The molecule has 11 heavy (non-hydrogen) atoms. The van der Waals surface area contributed by atoms with Gasteiger partial charge in [0.2, 0.25) is 0 Å².